The smallest absolute Gasteiger partial charge is 0.338 e. The molecule has 0 heterocycles. The van der Waals surface area contributed by atoms with Gasteiger partial charge in [-0.3, -0.25) is 0 Å². The summed E-state index contributed by atoms with van der Waals surface area (Å²) in [7, 11) is 0. The Balaban J connectivity index is 0.726. The number of rotatable bonds is 19. The Kier molecular flexibility index (Phi) is 14.8. The van der Waals surface area contributed by atoms with Crippen molar-refractivity contribution in [1.82, 2.24) is 0 Å². The number of azo groups is 2. The van der Waals surface area contributed by atoms with Crippen LogP contribution < -0.4 is 21.1 Å². The van der Waals surface area contributed by atoms with Crippen molar-refractivity contribution in [1.29, 1.82) is 0 Å². The lowest BCUT2D eigenvalue weighted by atomic mass is 10.0. The number of esters is 2. The molecule has 12 nitrogen and oxygen atoms in total. The van der Waals surface area contributed by atoms with Gasteiger partial charge in [0.05, 0.1) is 47.1 Å². The summed E-state index contributed by atoms with van der Waals surface area (Å²) in [6.45, 7) is 1.82. The van der Waals surface area contributed by atoms with Gasteiger partial charge in [0.2, 0.25) is 0 Å². The van der Waals surface area contributed by atoms with Gasteiger partial charge in [0.1, 0.15) is 11.5 Å². The number of benzene rings is 7. The van der Waals surface area contributed by atoms with Crippen LogP contribution in [0.2, 0.25) is 0 Å². The molecule has 0 saturated heterocycles. The molecule has 4 N–H and O–H groups in total. The third kappa shape index (κ3) is 11.9. The van der Waals surface area contributed by atoms with Crippen LogP contribution in [0.3, 0.4) is 0 Å². The standard InChI is InChI=1S/C54H50N6O6/c61-43-25-13-37(14-26-43)35-55-49-29-31-51(47-11-5-3-9-45(47)49)59-57-41-21-17-39(18-22-41)53(63)65-33-7-1-2-8-34-66-54(64)40-19-23-42(24-20-40)58-60-52-32-30-50(46-10-4-6-12-48(46)52)56-36-38-15-27-44(62)28-16-38/h3,5,9-32,55-56,61-62H,1-2,4,6-8,33-36H2/b59-57+,60-58+. The highest BCUT2D eigenvalue weighted by Gasteiger charge is 2.11. The van der Waals surface area contributed by atoms with Gasteiger partial charge in [-0.05, 0) is 147 Å². The maximum Gasteiger partial charge on any atom is 0.338 e. The van der Waals surface area contributed by atoms with Gasteiger partial charge in [-0.25, -0.2) is 9.59 Å². The summed E-state index contributed by atoms with van der Waals surface area (Å²) >= 11 is 0. The molecule has 0 fully saturated rings. The maximum atomic E-state index is 12.7. The highest BCUT2D eigenvalue weighted by molar-refractivity contribution is 6.00. The van der Waals surface area contributed by atoms with Gasteiger partial charge in [0.25, 0.3) is 0 Å². The van der Waals surface area contributed by atoms with Gasteiger partial charge in [0.15, 0.2) is 0 Å². The molecule has 0 aliphatic heterocycles. The number of unbranched alkanes of at least 4 members (excludes halogenated alkanes) is 3. The van der Waals surface area contributed by atoms with E-state index in [4.69, 9.17) is 9.47 Å². The van der Waals surface area contributed by atoms with Gasteiger partial charge in [-0.15, -0.1) is 10.2 Å². The lowest BCUT2D eigenvalue weighted by Crippen LogP contribution is -2.30. The van der Waals surface area contributed by atoms with E-state index in [9.17, 15) is 19.8 Å². The van der Waals surface area contributed by atoms with Crippen LogP contribution in [-0.4, -0.2) is 35.4 Å². The van der Waals surface area contributed by atoms with Crippen molar-refractivity contribution in [2.75, 3.05) is 23.8 Å². The minimum Gasteiger partial charge on any atom is -0.508 e. The number of phenolic OH excluding ortho intramolecular Hbond substituents is 2. The highest BCUT2D eigenvalue weighted by Crippen LogP contribution is 2.33. The van der Waals surface area contributed by atoms with E-state index in [2.05, 4.69) is 43.2 Å². The first-order valence-electron chi connectivity index (χ1n) is 22.1. The molecular formula is C54H50N6O6. The molecule has 0 aromatic heterocycles. The van der Waals surface area contributed by atoms with Crippen molar-refractivity contribution >= 4 is 69.0 Å². The molecule has 0 bridgehead atoms. The molecule has 7 aromatic rings. The van der Waals surface area contributed by atoms with Crippen molar-refractivity contribution < 1.29 is 29.3 Å². The first kappa shape index (κ1) is 44.5. The molecule has 332 valence electrons. The first-order valence-corrected chi connectivity index (χ1v) is 22.1. The summed E-state index contributed by atoms with van der Waals surface area (Å²) < 4.78 is 11.0. The van der Waals surface area contributed by atoms with Gasteiger partial charge in [0, 0.05) is 45.7 Å². The Morgan fingerprint density at radius 3 is 1.50 bits per heavy atom. The van der Waals surface area contributed by atoms with Crippen LogP contribution in [0.5, 0.6) is 11.5 Å². The predicted molar refractivity (Wildman–Crippen MR) is 259 cm³/mol. The summed E-state index contributed by atoms with van der Waals surface area (Å²) in [5.74, 6) is -0.311. The van der Waals surface area contributed by atoms with E-state index < -0.39 is 11.9 Å². The summed E-state index contributed by atoms with van der Waals surface area (Å²) in [4.78, 5) is 25.4. The fraction of sp³-hybridized carbons (Fsp3) is 0.185. The largest absolute Gasteiger partial charge is 0.508 e. The Morgan fingerprint density at radius 2 is 0.939 bits per heavy atom. The fourth-order valence-corrected chi connectivity index (χ4v) is 7.51. The quantitative estimate of drug-likeness (QED) is 0.0354. The number of anilines is 2. The van der Waals surface area contributed by atoms with E-state index in [1.54, 1.807) is 72.8 Å². The molecule has 0 amide bonds. The number of aromatic hydroxyl groups is 2. The van der Waals surface area contributed by atoms with Gasteiger partial charge >= 0.3 is 11.9 Å². The predicted octanol–water partition coefficient (Wildman–Crippen LogP) is 12.2. The van der Waals surface area contributed by atoms with Gasteiger partial charge in [-0.1, -0.05) is 60.7 Å². The number of nitrogens with zero attached hydrogens (tertiary/aromatic N) is 4. The highest BCUT2D eigenvalue weighted by atomic mass is 16.5. The van der Waals surface area contributed by atoms with E-state index in [0.717, 1.165) is 80.8 Å². The lowest BCUT2D eigenvalue weighted by Gasteiger charge is -2.11. The van der Waals surface area contributed by atoms with Crippen LogP contribution in [0.25, 0.3) is 22.9 Å². The summed E-state index contributed by atoms with van der Waals surface area (Å²) in [5.41, 5.74) is 7.71. The summed E-state index contributed by atoms with van der Waals surface area (Å²) in [6, 6.07) is 43.9. The zero-order valence-electron chi connectivity index (χ0n) is 36.4. The van der Waals surface area contributed by atoms with Crippen LogP contribution in [-0.2, 0) is 22.6 Å². The normalized spacial score (nSPS) is 12.1. The molecule has 0 radical (unpaired) electrons. The average Bonchev–Trinajstić information content (AvgIpc) is 3.36. The number of hydrogen-bond acceptors (Lipinski definition) is 12. The van der Waals surface area contributed by atoms with Gasteiger partial charge in [-0.2, -0.15) is 10.2 Å². The molecule has 1 aliphatic carbocycles. The topological polar surface area (TPSA) is 167 Å². The SMILES string of the molecule is O=C(OCCCCCCOC(=O)c1ccc(/N=N/c2ccc(NCc3ccc(O)cc3)c3ccccc23)cc1)c1ccc(/N=N/c2ccc(NCc3ccc(O)cc3)c3c2=CCCC=3)cc1. The van der Waals surface area contributed by atoms with E-state index in [-0.39, 0.29) is 11.5 Å². The molecule has 0 unspecified atom stereocenters. The molecule has 0 atom stereocenters. The van der Waals surface area contributed by atoms with Crippen LogP contribution in [0.1, 0.15) is 70.4 Å². The minimum atomic E-state index is -0.400. The second-order valence-electron chi connectivity index (χ2n) is 15.8. The number of fused-ring (bicyclic) bond motifs is 2. The monoisotopic (exact) mass is 878 g/mol. The number of nitrogens with one attached hydrogen (secondary N) is 2. The second-order valence-corrected chi connectivity index (χ2v) is 15.8. The van der Waals surface area contributed by atoms with Gasteiger partial charge < -0.3 is 30.3 Å². The Labute approximate surface area is 382 Å². The average molecular weight is 879 g/mol. The number of hydrogen-bond donors (Lipinski definition) is 4. The van der Waals surface area contributed by atoms with Crippen LogP contribution >= 0.6 is 0 Å². The van der Waals surface area contributed by atoms with Crippen molar-refractivity contribution in [2.45, 2.75) is 51.6 Å². The van der Waals surface area contributed by atoms with E-state index in [1.165, 1.54) is 0 Å². The van der Waals surface area contributed by atoms with Crippen LogP contribution in [0, 0.1) is 0 Å². The Bertz CT molecular complexity index is 2970. The molecule has 66 heavy (non-hydrogen) atoms. The van der Waals surface area contributed by atoms with Crippen LogP contribution in [0.15, 0.2) is 166 Å². The zero-order valence-corrected chi connectivity index (χ0v) is 36.4. The fourth-order valence-electron chi connectivity index (χ4n) is 7.51. The van der Waals surface area contributed by atoms with Crippen molar-refractivity contribution in [3.63, 3.8) is 0 Å². The zero-order chi connectivity index (χ0) is 45.5. The molecule has 1 aliphatic rings. The third-order valence-corrected chi connectivity index (χ3v) is 11.1. The number of carbonyl (C=O) groups excluding carboxylic acids is 2. The van der Waals surface area contributed by atoms with E-state index >= 15 is 0 Å². The van der Waals surface area contributed by atoms with E-state index in [1.807, 2.05) is 72.8 Å². The summed E-state index contributed by atoms with van der Waals surface area (Å²) in [6.07, 6.45) is 9.33. The molecular weight excluding hydrogens is 829 g/mol. The second kappa shape index (κ2) is 22.0. The number of carbonyl (C=O) groups is 2. The number of phenols is 2. The summed E-state index contributed by atoms with van der Waals surface area (Å²) in [5, 5.41) is 48.2. The molecule has 7 aromatic carbocycles. The Morgan fingerprint density at radius 1 is 0.470 bits per heavy atom. The third-order valence-electron chi connectivity index (χ3n) is 11.1. The minimum absolute atomic E-state index is 0.238. The molecule has 0 saturated carbocycles. The molecule has 8 rings (SSSR count). The lowest BCUT2D eigenvalue weighted by molar-refractivity contribution is 0.0473. The Hall–Kier alpha value is -8.12. The number of ether oxygens (including phenoxy) is 2. The first-order chi connectivity index (χ1) is 32.4. The maximum absolute atomic E-state index is 12.7. The van der Waals surface area contributed by atoms with Crippen molar-refractivity contribution in [2.24, 2.45) is 20.5 Å². The van der Waals surface area contributed by atoms with Crippen LogP contribution in [0.4, 0.5) is 34.1 Å². The van der Waals surface area contributed by atoms with E-state index in [0.29, 0.717) is 61.6 Å². The molecule has 12 heteroatoms. The van der Waals surface area contributed by atoms with Crippen molar-refractivity contribution in [3.8, 4) is 11.5 Å². The van der Waals surface area contributed by atoms with Crippen molar-refractivity contribution in [3.05, 3.63) is 178 Å². The molecule has 0 spiro atoms.